The topological polar surface area (TPSA) is 70.2 Å². The molecule has 27 heavy (non-hydrogen) atoms. The number of pyridine rings is 1. The lowest BCUT2D eigenvalue weighted by atomic mass is 10.1. The molecule has 0 spiro atoms. The Morgan fingerprint density at radius 2 is 1.48 bits per heavy atom. The van der Waals surface area contributed by atoms with Crippen LogP contribution in [0, 0.1) is 6.92 Å². The number of rotatable bonds is 1. The van der Waals surface area contributed by atoms with Crippen LogP contribution >= 0.6 is 0 Å². The van der Waals surface area contributed by atoms with Crippen molar-refractivity contribution in [2.75, 3.05) is 4.90 Å². The zero-order chi connectivity index (χ0) is 18.7. The van der Waals surface area contributed by atoms with Crippen molar-refractivity contribution in [2.45, 2.75) is 6.92 Å². The normalized spacial score (nSPS) is 13.6. The Labute approximate surface area is 153 Å². The molecule has 0 unspecified atom stereocenters. The summed E-state index contributed by atoms with van der Waals surface area (Å²) >= 11 is 0. The van der Waals surface area contributed by atoms with E-state index in [9.17, 15) is 14.4 Å². The third kappa shape index (κ3) is 2.08. The molecule has 0 bridgehead atoms. The van der Waals surface area contributed by atoms with Gasteiger partial charge in [-0.15, -0.1) is 0 Å². The van der Waals surface area contributed by atoms with Crippen LogP contribution in [-0.4, -0.2) is 16.8 Å². The second-order valence-electron chi connectivity index (χ2n) is 6.69. The summed E-state index contributed by atoms with van der Waals surface area (Å²) in [6, 6.07) is 17.4. The Morgan fingerprint density at radius 3 is 2.19 bits per heavy atom. The molecule has 0 atom stereocenters. The fraction of sp³-hybridized carbons (Fsp3) is 0.0455. The molecule has 1 aliphatic rings. The molecule has 3 aromatic carbocycles. The summed E-state index contributed by atoms with van der Waals surface area (Å²) in [6.45, 7) is 1.93. The molecule has 0 aliphatic carbocycles. The van der Waals surface area contributed by atoms with Gasteiger partial charge in [0.1, 0.15) is 0 Å². The average molecular weight is 354 g/mol. The highest BCUT2D eigenvalue weighted by Crippen LogP contribution is 2.32. The van der Waals surface area contributed by atoms with Crippen LogP contribution in [-0.2, 0) is 0 Å². The molecular weight excluding hydrogens is 340 g/mol. The first-order valence-electron chi connectivity index (χ1n) is 8.59. The number of aryl methyl sites for hydroxylation is 1. The van der Waals surface area contributed by atoms with Gasteiger partial charge in [0.05, 0.1) is 22.3 Å². The van der Waals surface area contributed by atoms with Crippen molar-refractivity contribution >= 4 is 39.3 Å². The van der Waals surface area contributed by atoms with Crippen LogP contribution in [0.4, 0.5) is 5.69 Å². The number of hydrogen-bond acceptors (Lipinski definition) is 3. The van der Waals surface area contributed by atoms with Gasteiger partial charge in [0, 0.05) is 16.3 Å². The van der Waals surface area contributed by atoms with Gasteiger partial charge in [-0.2, -0.15) is 0 Å². The number of fused-ring (bicyclic) bond motifs is 3. The number of benzene rings is 3. The number of imide groups is 1. The summed E-state index contributed by atoms with van der Waals surface area (Å²) in [7, 11) is 0. The second kappa shape index (κ2) is 5.38. The molecule has 0 saturated heterocycles. The van der Waals surface area contributed by atoms with E-state index in [1.165, 1.54) is 0 Å². The van der Waals surface area contributed by atoms with Crippen LogP contribution in [0.1, 0.15) is 26.3 Å². The van der Waals surface area contributed by atoms with Gasteiger partial charge in [-0.25, -0.2) is 4.90 Å². The second-order valence-corrected chi connectivity index (χ2v) is 6.69. The maximum absolute atomic E-state index is 13.0. The number of aromatic amines is 1. The van der Waals surface area contributed by atoms with Crippen molar-refractivity contribution in [3.8, 4) is 0 Å². The number of aromatic nitrogens is 1. The van der Waals surface area contributed by atoms with Crippen LogP contribution < -0.4 is 10.3 Å². The van der Waals surface area contributed by atoms with Crippen molar-refractivity contribution < 1.29 is 9.59 Å². The van der Waals surface area contributed by atoms with Gasteiger partial charge in [-0.05, 0) is 43.3 Å². The number of anilines is 1. The standard InChI is InChI=1S/C22H14N2O3/c1-12-9-10-17-16(11-12)20(25)15-7-4-8-18(19(15)23-17)24-21(26)13-5-2-3-6-14(13)22(24)27/h2-11H,1H3,(H,23,25). The summed E-state index contributed by atoms with van der Waals surface area (Å²) in [5.41, 5.74) is 3.15. The molecule has 1 aliphatic heterocycles. The Hall–Kier alpha value is -3.73. The van der Waals surface area contributed by atoms with E-state index in [2.05, 4.69) is 4.98 Å². The number of nitrogens with one attached hydrogen (secondary N) is 1. The van der Waals surface area contributed by atoms with Crippen molar-refractivity contribution in [1.82, 2.24) is 4.98 Å². The van der Waals surface area contributed by atoms with E-state index in [1.54, 1.807) is 42.5 Å². The Balaban J connectivity index is 1.82. The summed E-state index contributed by atoms with van der Waals surface area (Å²) in [6.07, 6.45) is 0. The predicted octanol–water partition coefficient (Wildman–Crippen LogP) is 3.79. The van der Waals surface area contributed by atoms with Crippen LogP contribution in [0.25, 0.3) is 21.8 Å². The Morgan fingerprint density at radius 1 is 0.778 bits per heavy atom. The highest BCUT2D eigenvalue weighted by molar-refractivity contribution is 6.35. The number of carbonyl (C=O) groups excluding carboxylic acids is 2. The Kier molecular flexibility index (Phi) is 3.09. The molecule has 2 heterocycles. The zero-order valence-electron chi connectivity index (χ0n) is 14.4. The highest BCUT2D eigenvalue weighted by atomic mass is 16.2. The Bertz CT molecular complexity index is 1320. The third-order valence-electron chi connectivity index (χ3n) is 5.00. The first-order chi connectivity index (χ1) is 13.1. The molecule has 5 heteroatoms. The van der Waals surface area contributed by atoms with Gasteiger partial charge in [-0.1, -0.05) is 29.8 Å². The fourth-order valence-corrected chi connectivity index (χ4v) is 3.69. The van der Waals surface area contributed by atoms with Crippen LogP contribution in [0.2, 0.25) is 0 Å². The van der Waals surface area contributed by atoms with Crippen LogP contribution in [0.3, 0.4) is 0 Å². The molecule has 0 fully saturated rings. The summed E-state index contributed by atoms with van der Waals surface area (Å²) < 4.78 is 0. The molecule has 0 radical (unpaired) electrons. The summed E-state index contributed by atoms with van der Waals surface area (Å²) in [4.78, 5) is 43.1. The van der Waals surface area contributed by atoms with Crippen LogP contribution in [0.5, 0.6) is 0 Å². The van der Waals surface area contributed by atoms with E-state index in [-0.39, 0.29) is 17.2 Å². The molecule has 5 rings (SSSR count). The molecule has 0 saturated carbocycles. The number of nitrogens with zero attached hydrogens (tertiary/aromatic N) is 1. The summed E-state index contributed by atoms with van der Waals surface area (Å²) in [5, 5.41) is 1.03. The van der Waals surface area contributed by atoms with E-state index in [1.807, 2.05) is 25.1 Å². The fourth-order valence-electron chi connectivity index (χ4n) is 3.69. The lowest BCUT2D eigenvalue weighted by Crippen LogP contribution is -2.30. The SMILES string of the molecule is Cc1ccc2[nH]c3c(N4C(=O)c5ccccc5C4=O)cccc3c(=O)c2c1. The molecule has 1 N–H and O–H groups in total. The van der Waals surface area contributed by atoms with Gasteiger partial charge in [0.15, 0.2) is 5.43 Å². The number of hydrogen-bond donors (Lipinski definition) is 1. The minimum absolute atomic E-state index is 0.124. The van der Waals surface area contributed by atoms with Crippen molar-refractivity contribution in [2.24, 2.45) is 0 Å². The van der Waals surface area contributed by atoms with Gasteiger partial charge in [0.25, 0.3) is 11.8 Å². The van der Waals surface area contributed by atoms with E-state index < -0.39 is 0 Å². The summed E-state index contributed by atoms with van der Waals surface area (Å²) in [5.74, 6) is -0.763. The van der Waals surface area contributed by atoms with Crippen LogP contribution in [0.15, 0.2) is 65.5 Å². The lowest BCUT2D eigenvalue weighted by molar-refractivity contribution is 0.0926. The van der Waals surface area contributed by atoms with Gasteiger partial charge < -0.3 is 4.98 Å². The first kappa shape index (κ1) is 15.5. The van der Waals surface area contributed by atoms with E-state index in [0.717, 1.165) is 10.5 Å². The molecule has 4 aromatic rings. The third-order valence-corrected chi connectivity index (χ3v) is 5.00. The average Bonchev–Trinajstić information content (AvgIpc) is 2.93. The van der Waals surface area contributed by atoms with E-state index >= 15 is 0 Å². The number of para-hydroxylation sites is 1. The van der Waals surface area contributed by atoms with Crippen molar-refractivity contribution in [3.05, 3.63) is 87.6 Å². The molecule has 2 amide bonds. The number of amides is 2. The zero-order valence-corrected chi connectivity index (χ0v) is 14.4. The minimum Gasteiger partial charge on any atom is -0.353 e. The smallest absolute Gasteiger partial charge is 0.266 e. The van der Waals surface area contributed by atoms with Crippen molar-refractivity contribution in [1.29, 1.82) is 0 Å². The monoisotopic (exact) mass is 354 g/mol. The van der Waals surface area contributed by atoms with Gasteiger partial charge >= 0.3 is 0 Å². The first-order valence-corrected chi connectivity index (χ1v) is 8.59. The van der Waals surface area contributed by atoms with E-state index in [4.69, 9.17) is 0 Å². The molecule has 1 aromatic heterocycles. The number of H-pyrrole nitrogens is 1. The minimum atomic E-state index is -0.382. The maximum atomic E-state index is 13.0. The molecule has 130 valence electrons. The molecule has 5 nitrogen and oxygen atoms in total. The predicted molar refractivity (Wildman–Crippen MR) is 104 cm³/mol. The lowest BCUT2D eigenvalue weighted by Gasteiger charge is -2.16. The maximum Gasteiger partial charge on any atom is 0.266 e. The van der Waals surface area contributed by atoms with Gasteiger partial charge in [0.2, 0.25) is 0 Å². The van der Waals surface area contributed by atoms with Crippen molar-refractivity contribution in [3.63, 3.8) is 0 Å². The van der Waals surface area contributed by atoms with E-state index in [0.29, 0.717) is 38.6 Å². The highest BCUT2D eigenvalue weighted by Gasteiger charge is 2.37. The van der Waals surface area contributed by atoms with Gasteiger partial charge in [-0.3, -0.25) is 14.4 Å². The molecular formula is C22H14N2O3. The largest absolute Gasteiger partial charge is 0.353 e. The quantitative estimate of drug-likeness (QED) is 0.418. The number of carbonyl (C=O) groups is 2.